The zero-order valence-corrected chi connectivity index (χ0v) is 11.6. The van der Waals surface area contributed by atoms with E-state index in [0.29, 0.717) is 5.92 Å². The van der Waals surface area contributed by atoms with Crippen LogP contribution in [0.2, 0.25) is 0 Å². The van der Waals surface area contributed by atoms with Gasteiger partial charge in [-0.2, -0.15) is 0 Å². The highest BCUT2D eigenvalue weighted by Gasteiger charge is 2.28. The molecule has 0 aromatic carbocycles. The maximum atomic E-state index is 10.1. The molecule has 1 saturated carbocycles. The summed E-state index contributed by atoms with van der Waals surface area (Å²) in [5.74, 6) is 0.359. The standard InChI is InChI=1S/C12H17BrOS/c1-7-11(12(13)8(2)15-7)9-5-3-4-6-10(9)14/h9-10,14H,3-6H2,1-2H3/t9-,10-/m0/s1. The van der Waals surface area contributed by atoms with Gasteiger partial charge in [0.2, 0.25) is 0 Å². The van der Waals surface area contributed by atoms with Crippen LogP contribution in [0, 0.1) is 13.8 Å². The molecule has 0 saturated heterocycles. The smallest absolute Gasteiger partial charge is 0.0609 e. The van der Waals surface area contributed by atoms with Crippen molar-refractivity contribution in [1.82, 2.24) is 0 Å². The van der Waals surface area contributed by atoms with Gasteiger partial charge in [0.1, 0.15) is 0 Å². The molecule has 0 aliphatic heterocycles. The van der Waals surface area contributed by atoms with Crippen molar-refractivity contribution in [1.29, 1.82) is 0 Å². The summed E-state index contributed by atoms with van der Waals surface area (Å²) in [5, 5.41) is 10.1. The van der Waals surface area contributed by atoms with Crippen LogP contribution >= 0.6 is 27.3 Å². The van der Waals surface area contributed by atoms with Crippen LogP contribution in [-0.4, -0.2) is 11.2 Å². The first-order valence-electron chi connectivity index (χ1n) is 5.54. The van der Waals surface area contributed by atoms with Gasteiger partial charge in [-0.15, -0.1) is 11.3 Å². The van der Waals surface area contributed by atoms with Gasteiger partial charge in [-0.3, -0.25) is 0 Å². The van der Waals surface area contributed by atoms with Crippen molar-refractivity contribution in [2.45, 2.75) is 51.6 Å². The molecule has 84 valence electrons. The van der Waals surface area contributed by atoms with Gasteiger partial charge in [0.25, 0.3) is 0 Å². The average Bonchev–Trinajstić information content (AvgIpc) is 2.43. The van der Waals surface area contributed by atoms with E-state index in [1.165, 1.54) is 32.6 Å². The molecule has 0 radical (unpaired) electrons. The minimum Gasteiger partial charge on any atom is -0.392 e. The average molecular weight is 289 g/mol. The molecule has 1 fully saturated rings. The van der Waals surface area contributed by atoms with Gasteiger partial charge in [0.15, 0.2) is 0 Å². The molecule has 2 atom stereocenters. The predicted octanol–water partition coefficient (Wildman–Crippen LogP) is 4.15. The van der Waals surface area contributed by atoms with E-state index >= 15 is 0 Å². The molecular formula is C12H17BrOS. The summed E-state index contributed by atoms with van der Waals surface area (Å²) in [7, 11) is 0. The number of aliphatic hydroxyl groups is 1. The summed E-state index contributed by atoms with van der Waals surface area (Å²) >= 11 is 5.50. The van der Waals surface area contributed by atoms with Gasteiger partial charge in [0, 0.05) is 20.1 Å². The lowest BCUT2D eigenvalue weighted by Crippen LogP contribution is -2.22. The summed E-state index contributed by atoms with van der Waals surface area (Å²) in [6.45, 7) is 4.31. The van der Waals surface area contributed by atoms with Crippen LogP contribution < -0.4 is 0 Å². The van der Waals surface area contributed by atoms with E-state index in [2.05, 4.69) is 29.8 Å². The molecule has 0 amide bonds. The molecule has 1 nitrogen and oxygen atoms in total. The van der Waals surface area contributed by atoms with Crippen LogP contribution in [-0.2, 0) is 0 Å². The Morgan fingerprint density at radius 1 is 1.20 bits per heavy atom. The van der Waals surface area contributed by atoms with Crippen molar-refractivity contribution in [3.05, 3.63) is 19.8 Å². The molecule has 1 aromatic rings. The third kappa shape index (κ3) is 2.15. The van der Waals surface area contributed by atoms with Gasteiger partial charge in [-0.1, -0.05) is 12.8 Å². The number of hydrogen-bond acceptors (Lipinski definition) is 2. The summed E-state index contributed by atoms with van der Waals surface area (Å²) in [6.07, 6.45) is 4.39. The van der Waals surface area contributed by atoms with Crippen molar-refractivity contribution in [2.24, 2.45) is 0 Å². The summed E-state index contributed by atoms with van der Waals surface area (Å²) in [4.78, 5) is 2.70. The number of hydrogen-bond donors (Lipinski definition) is 1. The minimum absolute atomic E-state index is 0.136. The van der Waals surface area contributed by atoms with E-state index in [9.17, 15) is 5.11 Å². The highest BCUT2D eigenvalue weighted by molar-refractivity contribution is 9.10. The highest BCUT2D eigenvalue weighted by atomic mass is 79.9. The second-order valence-corrected chi connectivity index (χ2v) is 6.62. The largest absolute Gasteiger partial charge is 0.392 e. The summed E-state index contributed by atoms with van der Waals surface area (Å²) < 4.78 is 1.23. The van der Waals surface area contributed by atoms with Crippen LogP contribution in [0.4, 0.5) is 0 Å². The molecule has 1 N–H and O–H groups in total. The molecular weight excluding hydrogens is 272 g/mol. The maximum absolute atomic E-state index is 10.1. The quantitative estimate of drug-likeness (QED) is 0.823. The Bertz CT molecular complexity index is 359. The van der Waals surface area contributed by atoms with E-state index in [0.717, 1.165) is 12.8 Å². The van der Waals surface area contributed by atoms with Gasteiger partial charge < -0.3 is 5.11 Å². The first kappa shape index (κ1) is 11.6. The molecule has 1 heterocycles. The minimum atomic E-state index is -0.136. The monoisotopic (exact) mass is 288 g/mol. The van der Waals surface area contributed by atoms with E-state index in [-0.39, 0.29) is 6.10 Å². The van der Waals surface area contributed by atoms with Crippen molar-refractivity contribution < 1.29 is 5.11 Å². The summed E-state index contributed by atoms with van der Waals surface area (Å²) in [6, 6.07) is 0. The topological polar surface area (TPSA) is 20.2 Å². The van der Waals surface area contributed by atoms with Crippen LogP contribution in [0.5, 0.6) is 0 Å². The lowest BCUT2D eigenvalue weighted by atomic mass is 9.82. The fraction of sp³-hybridized carbons (Fsp3) is 0.667. The Morgan fingerprint density at radius 2 is 1.87 bits per heavy atom. The van der Waals surface area contributed by atoms with E-state index < -0.39 is 0 Å². The number of thiophene rings is 1. The first-order valence-corrected chi connectivity index (χ1v) is 7.15. The molecule has 0 spiro atoms. The van der Waals surface area contributed by atoms with Gasteiger partial charge >= 0.3 is 0 Å². The van der Waals surface area contributed by atoms with E-state index in [4.69, 9.17) is 0 Å². The molecule has 1 aliphatic carbocycles. The second-order valence-electron chi connectivity index (χ2n) is 4.40. The molecule has 15 heavy (non-hydrogen) atoms. The fourth-order valence-corrected chi connectivity index (χ4v) is 4.53. The zero-order chi connectivity index (χ0) is 11.0. The van der Waals surface area contributed by atoms with Crippen LogP contribution in [0.15, 0.2) is 4.47 Å². The van der Waals surface area contributed by atoms with Crippen molar-refractivity contribution in [3.8, 4) is 0 Å². The number of rotatable bonds is 1. The second kappa shape index (κ2) is 4.56. The molecule has 0 bridgehead atoms. The van der Waals surface area contributed by atoms with Crippen LogP contribution in [0.3, 0.4) is 0 Å². The molecule has 1 aliphatic rings. The molecule has 3 heteroatoms. The lowest BCUT2D eigenvalue weighted by molar-refractivity contribution is 0.106. The van der Waals surface area contributed by atoms with Crippen molar-refractivity contribution in [2.75, 3.05) is 0 Å². The molecule has 2 rings (SSSR count). The zero-order valence-electron chi connectivity index (χ0n) is 9.22. The number of aryl methyl sites for hydroxylation is 2. The van der Waals surface area contributed by atoms with Crippen LogP contribution in [0.1, 0.15) is 46.9 Å². The first-order chi connectivity index (χ1) is 7.11. The fourth-order valence-electron chi connectivity index (χ4n) is 2.55. The maximum Gasteiger partial charge on any atom is 0.0609 e. The Hall–Kier alpha value is 0.140. The number of aliphatic hydroxyl groups excluding tert-OH is 1. The Morgan fingerprint density at radius 3 is 2.40 bits per heavy atom. The van der Waals surface area contributed by atoms with E-state index in [1.54, 1.807) is 0 Å². The predicted molar refractivity (Wildman–Crippen MR) is 68.7 cm³/mol. The van der Waals surface area contributed by atoms with Crippen LogP contribution in [0.25, 0.3) is 0 Å². The number of halogens is 1. The molecule has 1 aromatic heterocycles. The van der Waals surface area contributed by atoms with E-state index in [1.807, 2.05) is 11.3 Å². The Labute approximate surface area is 104 Å². The van der Waals surface area contributed by atoms with Gasteiger partial charge in [-0.05, 0) is 48.2 Å². The Balaban J connectivity index is 2.35. The Kier molecular flexibility index (Phi) is 3.53. The van der Waals surface area contributed by atoms with Gasteiger partial charge in [0.05, 0.1) is 6.10 Å². The summed E-state index contributed by atoms with van der Waals surface area (Å²) in [5.41, 5.74) is 1.37. The highest BCUT2D eigenvalue weighted by Crippen LogP contribution is 2.43. The van der Waals surface area contributed by atoms with Crippen molar-refractivity contribution in [3.63, 3.8) is 0 Å². The van der Waals surface area contributed by atoms with Gasteiger partial charge in [-0.25, -0.2) is 0 Å². The third-order valence-corrected chi connectivity index (χ3v) is 5.65. The molecule has 0 unspecified atom stereocenters. The van der Waals surface area contributed by atoms with Crippen molar-refractivity contribution >= 4 is 27.3 Å². The third-order valence-electron chi connectivity index (χ3n) is 3.33. The normalized spacial score (nSPS) is 26.9. The lowest BCUT2D eigenvalue weighted by Gasteiger charge is -2.28. The SMILES string of the molecule is Cc1sc(C)c([C@H]2CCCC[C@@H]2O)c1Br.